The quantitative estimate of drug-likeness (QED) is 0.545. The van der Waals surface area contributed by atoms with Gasteiger partial charge < -0.3 is 14.7 Å². The van der Waals surface area contributed by atoms with Gasteiger partial charge in [-0.3, -0.25) is 0 Å². The highest BCUT2D eigenvalue weighted by Crippen LogP contribution is 2.28. The van der Waals surface area contributed by atoms with Crippen molar-refractivity contribution in [2.75, 3.05) is 7.11 Å². The van der Waals surface area contributed by atoms with Crippen LogP contribution in [0.15, 0.2) is 52.9 Å². The van der Waals surface area contributed by atoms with Crippen LogP contribution < -0.4 is 0 Å². The van der Waals surface area contributed by atoms with Gasteiger partial charge in [-0.2, -0.15) is 0 Å². The van der Waals surface area contributed by atoms with Crippen molar-refractivity contribution in [2.45, 2.75) is 13.8 Å². The normalized spacial score (nSPS) is 15.8. The average Bonchev–Trinajstić information content (AvgIpc) is 3.28. The highest BCUT2D eigenvalue weighted by atomic mass is 127. The molecule has 0 atom stereocenters. The van der Waals surface area contributed by atoms with Crippen LogP contribution in [0.3, 0.4) is 0 Å². The number of ether oxygens (including phenoxy) is 1. The number of hydrogen-bond acceptors (Lipinski definition) is 2. The minimum Gasteiger partial charge on any atom is -0.494 e. The molecular weight excluding hydrogens is 425 g/mol. The lowest BCUT2D eigenvalue weighted by Gasteiger charge is -2.01. The fourth-order valence-corrected chi connectivity index (χ4v) is 3.49. The molecule has 3 aromatic rings. The third-order valence-corrected chi connectivity index (χ3v) is 6.07. The van der Waals surface area contributed by atoms with Crippen molar-refractivity contribution in [1.82, 2.24) is 9.97 Å². The van der Waals surface area contributed by atoms with E-state index in [0.29, 0.717) is 0 Å². The molecule has 1 aromatic carbocycles. The van der Waals surface area contributed by atoms with Crippen molar-refractivity contribution in [3.8, 4) is 0 Å². The number of halogens is 1. The van der Waals surface area contributed by atoms with E-state index in [0.717, 1.165) is 34.1 Å². The number of aromatic amines is 2. The van der Waals surface area contributed by atoms with Crippen LogP contribution in [0.5, 0.6) is 0 Å². The Morgan fingerprint density at radius 2 is 1.96 bits per heavy atom. The summed E-state index contributed by atoms with van der Waals surface area (Å²) in [6.07, 6.45) is 4.03. The smallest absolute Gasteiger partial charge is 0.146 e. The Morgan fingerprint density at radius 1 is 1.16 bits per heavy atom. The summed E-state index contributed by atoms with van der Waals surface area (Å²) >= 11 is 2.36. The van der Waals surface area contributed by atoms with Crippen LogP contribution >= 0.6 is 22.6 Å². The van der Waals surface area contributed by atoms with Gasteiger partial charge in [0.1, 0.15) is 11.5 Å². The van der Waals surface area contributed by atoms with E-state index in [2.05, 4.69) is 70.7 Å². The molecule has 0 aliphatic carbocycles. The average molecular weight is 443 g/mol. The second-order valence-electron chi connectivity index (χ2n) is 6.11. The van der Waals surface area contributed by atoms with Crippen molar-refractivity contribution in [3.05, 3.63) is 74.1 Å². The van der Waals surface area contributed by atoms with Crippen molar-refractivity contribution < 1.29 is 4.74 Å². The lowest BCUT2D eigenvalue weighted by atomic mass is 10.2. The molecule has 0 bridgehead atoms. The molecule has 4 nitrogen and oxygen atoms in total. The van der Waals surface area contributed by atoms with Crippen LogP contribution in [-0.2, 0) is 4.74 Å². The minimum absolute atomic E-state index is 0.773. The molecule has 126 valence electrons. The highest BCUT2D eigenvalue weighted by molar-refractivity contribution is 14.1. The highest BCUT2D eigenvalue weighted by Gasteiger charge is 2.19. The van der Waals surface area contributed by atoms with Crippen LogP contribution in [0.1, 0.15) is 22.6 Å². The first-order valence-corrected chi connectivity index (χ1v) is 9.14. The molecule has 0 saturated heterocycles. The van der Waals surface area contributed by atoms with Gasteiger partial charge in [0.25, 0.3) is 0 Å². The van der Waals surface area contributed by atoms with Crippen LogP contribution in [0, 0.1) is 17.4 Å². The van der Waals surface area contributed by atoms with Crippen molar-refractivity contribution >= 4 is 45.3 Å². The van der Waals surface area contributed by atoms with Gasteiger partial charge >= 0.3 is 0 Å². The predicted octanol–water partition coefficient (Wildman–Crippen LogP) is 5.09. The maximum absolute atomic E-state index is 5.55. The molecule has 0 fully saturated rings. The molecule has 1 aliphatic rings. The molecule has 1 aliphatic heterocycles. The van der Waals surface area contributed by atoms with Gasteiger partial charge in [-0.05, 0) is 60.2 Å². The van der Waals surface area contributed by atoms with Crippen molar-refractivity contribution in [3.63, 3.8) is 0 Å². The van der Waals surface area contributed by atoms with Gasteiger partial charge in [0, 0.05) is 31.9 Å². The first-order valence-electron chi connectivity index (χ1n) is 8.06. The fourth-order valence-electron chi connectivity index (χ4n) is 3.06. The zero-order valence-corrected chi connectivity index (χ0v) is 16.4. The number of hydrogen-bond donors (Lipinski definition) is 2. The SMILES string of the molecule is COC1=CC(c2cc3ccccc3[nH]2)=NC1=Cc1[nH]c(C)c(I)c1C. The van der Waals surface area contributed by atoms with Gasteiger partial charge in [-0.25, -0.2) is 4.99 Å². The van der Waals surface area contributed by atoms with E-state index in [4.69, 9.17) is 9.73 Å². The Labute approximate surface area is 159 Å². The summed E-state index contributed by atoms with van der Waals surface area (Å²) in [6, 6.07) is 10.3. The summed E-state index contributed by atoms with van der Waals surface area (Å²) in [7, 11) is 1.68. The summed E-state index contributed by atoms with van der Waals surface area (Å²) in [5.41, 5.74) is 7.29. The molecule has 2 N–H and O–H groups in total. The number of para-hydroxylation sites is 1. The molecule has 3 heterocycles. The number of methoxy groups -OCH3 is 1. The number of benzene rings is 1. The molecule has 0 amide bonds. The van der Waals surface area contributed by atoms with E-state index >= 15 is 0 Å². The zero-order chi connectivity index (χ0) is 17.6. The number of aryl methyl sites for hydroxylation is 1. The number of nitrogens with one attached hydrogen (secondary N) is 2. The second-order valence-corrected chi connectivity index (χ2v) is 7.19. The summed E-state index contributed by atoms with van der Waals surface area (Å²) < 4.78 is 6.80. The number of aliphatic imine (C=N–C) groups is 1. The minimum atomic E-state index is 0.773. The fraction of sp³-hybridized carbons (Fsp3) is 0.150. The third-order valence-electron chi connectivity index (χ3n) is 4.45. The lowest BCUT2D eigenvalue weighted by Crippen LogP contribution is -1.93. The van der Waals surface area contributed by atoms with Crippen molar-refractivity contribution in [1.29, 1.82) is 0 Å². The van der Waals surface area contributed by atoms with Crippen LogP contribution in [-0.4, -0.2) is 22.8 Å². The first kappa shape index (κ1) is 16.2. The molecule has 0 saturated carbocycles. The van der Waals surface area contributed by atoms with Gasteiger partial charge in [0.05, 0.1) is 18.5 Å². The molecule has 25 heavy (non-hydrogen) atoms. The number of rotatable bonds is 3. The molecule has 0 spiro atoms. The Bertz CT molecular complexity index is 1030. The third kappa shape index (κ3) is 2.82. The van der Waals surface area contributed by atoms with E-state index in [9.17, 15) is 0 Å². The number of fused-ring (bicyclic) bond motifs is 1. The van der Waals surface area contributed by atoms with Gasteiger partial charge in [0.15, 0.2) is 0 Å². The molecule has 2 aromatic heterocycles. The van der Waals surface area contributed by atoms with E-state index < -0.39 is 0 Å². The lowest BCUT2D eigenvalue weighted by molar-refractivity contribution is 0.303. The second kappa shape index (κ2) is 6.22. The van der Waals surface area contributed by atoms with Crippen LogP contribution in [0.2, 0.25) is 0 Å². The van der Waals surface area contributed by atoms with Crippen LogP contribution in [0.4, 0.5) is 0 Å². The first-order chi connectivity index (χ1) is 12.1. The van der Waals surface area contributed by atoms with Crippen LogP contribution in [0.25, 0.3) is 17.0 Å². The predicted molar refractivity (Wildman–Crippen MR) is 111 cm³/mol. The number of nitrogens with zero attached hydrogens (tertiary/aromatic N) is 1. The molecule has 0 radical (unpaired) electrons. The van der Waals surface area contributed by atoms with Gasteiger partial charge in [0.2, 0.25) is 0 Å². The maximum atomic E-state index is 5.55. The maximum Gasteiger partial charge on any atom is 0.146 e. The largest absolute Gasteiger partial charge is 0.494 e. The molecule has 4 rings (SSSR count). The molecular formula is C20H18IN3O. The standard InChI is InChI=1S/C20H18IN3O/c1-11-15(22-12(2)20(11)21)9-18-19(25-3)10-17(24-18)16-8-13-6-4-5-7-14(13)23-16/h4-10,22-23H,1-3H3. The van der Waals surface area contributed by atoms with E-state index in [1.807, 2.05) is 18.2 Å². The van der Waals surface area contributed by atoms with Crippen molar-refractivity contribution in [2.24, 2.45) is 4.99 Å². The Morgan fingerprint density at radius 3 is 2.64 bits per heavy atom. The summed E-state index contributed by atoms with van der Waals surface area (Å²) in [5, 5.41) is 1.18. The Kier molecular flexibility index (Phi) is 4.03. The zero-order valence-electron chi connectivity index (χ0n) is 14.3. The summed E-state index contributed by atoms with van der Waals surface area (Å²) in [5.74, 6) is 0.773. The monoisotopic (exact) mass is 443 g/mol. The Hall–Kier alpha value is -2.28. The van der Waals surface area contributed by atoms with Gasteiger partial charge in [-0.15, -0.1) is 0 Å². The number of allylic oxidation sites excluding steroid dienone is 1. The molecule has 5 heteroatoms. The number of aromatic nitrogens is 2. The topological polar surface area (TPSA) is 53.2 Å². The van der Waals surface area contributed by atoms with E-state index in [1.165, 1.54) is 20.2 Å². The summed E-state index contributed by atoms with van der Waals surface area (Å²) in [4.78, 5) is 11.6. The van der Waals surface area contributed by atoms with E-state index in [1.54, 1.807) is 7.11 Å². The Balaban J connectivity index is 1.77. The van der Waals surface area contributed by atoms with Gasteiger partial charge in [-0.1, -0.05) is 18.2 Å². The van der Waals surface area contributed by atoms with E-state index in [-0.39, 0.29) is 0 Å². The number of H-pyrrole nitrogens is 2. The molecule has 0 unspecified atom stereocenters. The summed E-state index contributed by atoms with van der Waals surface area (Å²) in [6.45, 7) is 4.20.